The summed E-state index contributed by atoms with van der Waals surface area (Å²) in [6, 6.07) is 25.0. The van der Waals surface area contributed by atoms with E-state index < -0.39 is 0 Å². The van der Waals surface area contributed by atoms with E-state index >= 15 is 0 Å². The molecule has 0 spiro atoms. The molecular formula is C19H19NO. The fourth-order valence-electron chi connectivity index (χ4n) is 2.01. The smallest absolute Gasteiger partial charge is 0.126 e. The highest BCUT2D eigenvalue weighted by molar-refractivity contribution is 5.95. The molecule has 3 aromatic rings. The SMILES string of the molecule is CC(C)=O.c1ccc(Nc2cccc3ccccc23)cc1. The normalized spacial score (nSPS) is 9.62. The maximum absolute atomic E-state index is 9.44. The van der Waals surface area contributed by atoms with Crippen LogP contribution in [0.3, 0.4) is 0 Å². The quantitative estimate of drug-likeness (QED) is 0.699. The molecule has 0 heterocycles. The van der Waals surface area contributed by atoms with E-state index in [-0.39, 0.29) is 5.78 Å². The number of Topliss-reactive ketones (excluding diaryl/α,β-unsaturated/α-hetero) is 1. The van der Waals surface area contributed by atoms with Crippen LogP contribution in [-0.2, 0) is 4.79 Å². The van der Waals surface area contributed by atoms with Crippen molar-refractivity contribution in [3.63, 3.8) is 0 Å². The van der Waals surface area contributed by atoms with Gasteiger partial charge in [0, 0.05) is 16.8 Å². The second kappa shape index (κ2) is 7.25. The first-order chi connectivity index (χ1) is 10.2. The Kier molecular flexibility index (Phi) is 5.10. The molecule has 0 radical (unpaired) electrons. The molecule has 0 amide bonds. The number of anilines is 2. The maximum atomic E-state index is 9.44. The van der Waals surface area contributed by atoms with Crippen LogP contribution < -0.4 is 5.32 Å². The number of nitrogens with one attached hydrogen (secondary N) is 1. The molecule has 2 heteroatoms. The van der Waals surface area contributed by atoms with Crippen LogP contribution in [0.4, 0.5) is 11.4 Å². The highest BCUT2D eigenvalue weighted by Crippen LogP contribution is 2.25. The number of fused-ring (bicyclic) bond motifs is 1. The van der Waals surface area contributed by atoms with Crippen molar-refractivity contribution in [2.45, 2.75) is 13.8 Å². The van der Waals surface area contributed by atoms with Crippen molar-refractivity contribution >= 4 is 27.9 Å². The van der Waals surface area contributed by atoms with Crippen LogP contribution in [0.1, 0.15) is 13.8 Å². The number of carbonyl (C=O) groups is 1. The van der Waals surface area contributed by atoms with E-state index in [4.69, 9.17) is 0 Å². The topological polar surface area (TPSA) is 29.1 Å². The molecule has 0 aliphatic carbocycles. The Morgan fingerprint density at radius 3 is 2.05 bits per heavy atom. The number of hydrogen-bond acceptors (Lipinski definition) is 2. The Bertz CT molecular complexity index is 710. The van der Waals surface area contributed by atoms with Crippen LogP contribution in [0.5, 0.6) is 0 Å². The predicted molar refractivity (Wildman–Crippen MR) is 90.0 cm³/mol. The summed E-state index contributed by atoms with van der Waals surface area (Å²) in [6.45, 7) is 3.06. The van der Waals surface area contributed by atoms with Gasteiger partial charge in [0.2, 0.25) is 0 Å². The highest BCUT2D eigenvalue weighted by Gasteiger charge is 1.99. The number of hydrogen-bond donors (Lipinski definition) is 1. The summed E-state index contributed by atoms with van der Waals surface area (Å²) in [5, 5.41) is 5.95. The first-order valence-electron chi connectivity index (χ1n) is 6.94. The Morgan fingerprint density at radius 1 is 0.762 bits per heavy atom. The zero-order valence-electron chi connectivity index (χ0n) is 12.3. The molecule has 0 bridgehead atoms. The van der Waals surface area contributed by atoms with Crippen molar-refractivity contribution in [2.75, 3.05) is 5.32 Å². The molecule has 3 aromatic carbocycles. The van der Waals surface area contributed by atoms with Gasteiger partial charge < -0.3 is 10.1 Å². The van der Waals surface area contributed by atoms with E-state index in [0.29, 0.717) is 0 Å². The van der Waals surface area contributed by atoms with Crippen LogP contribution in [0.2, 0.25) is 0 Å². The molecular weight excluding hydrogens is 258 g/mol. The summed E-state index contributed by atoms with van der Waals surface area (Å²) in [5.74, 6) is 0.167. The molecule has 0 fully saturated rings. The summed E-state index contributed by atoms with van der Waals surface area (Å²) in [6.07, 6.45) is 0. The molecule has 0 saturated carbocycles. The Morgan fingerprint density at radius 2 is 1.33 bits per heavy atom. The molecule has 106 valence electrons. The first-order valence-corrected chi connectivity index (χ1v) is 6.94. The van der Waals surface area contributed by atoms with Crippen molar-refractivity contribution in [3.05, 3.63) is 72.8 Å². The van der Waals surface area contributed by atoms with Crippen molar-refractivity contribution in [3.8, 4) is 0 Å². The van der Waals surface area contributed by atoms with Crippen molar-refractivity contribution < 1.29 is 4.79 Å². The fourth-order valence-corrected chi connectivity index (χ4v) is 2.01. The van der Waals surface area contributed by atoms with E-state index in [2.05, 4.69) is 59.9 Å². The lowest BCUT2D eigenvalue weighted by atomic mass is 10.1. The molecule has 3 rings (SSSR count). The van der Waals surface area contributed by atoms with E-state index in [1.54, 1.807) is 0 Å². The summed E-state index contributed by atoms with van der Waals surface area (Å²) in [5.41, 5.74) is 2.26. The molecule has 1 N–H and O–H groups in total. The Hall–Kier alpha value is -2.61. The molecule has 0 aromatic heterocycles. The largest absolute Gasteiger partial charge is 0.355 e. The van der Waals surface area contributed by atoms with Crippen LogP contribution in [0.15, 0.2) is 72.8 Å². The summed E-state index contributed by atoms with van der Waals surface area (Å²) in [4.78, 5) is 9.44. The third-order valence-electron chi connectivity index (χ3n) is 2.84. The monoisotopic (exact) mass is 277 g/mol. The zero-order chi connectivity index (χ0) is 15.1. The van der Waals surface area contributed by atoms with Gasteiger partial charge in [0.1, 0.15) is 5.78 Å². The van der Waals surface area contributed by atoms with Crippen LogP contribution >= 0.6 is 0 Å². The molecule has 0 unspecified atom stereocenters. The second-order valence-corrected chi connectivity index (χ2v) is 4.93. The number of para-hydroxylation sites is 1. The first kappa shape index (κ1) is 14.8. The van der Waals surface area contributed by atoms with Gasteiger partial charge in [0.25, 0.3) is 0 Å². The summed E-state index contributed by atoms with van der Waals surface area (Å²) < 4.78 is 0. The lowest BCUT2D eigenvalue weighted by Gasteiger charge is -2.09. The molecule has 2 nitrogen and oxygen atoms in total. The van der Waals surface area contributed by atoms with E-state index in [1.165, 1.54) is 24.6 Å². The van der Waals surface area contributed by atoms with Gasteiger partial charge in [-0.25, -0.2) is 0 Å². The van der Waals surface area contributed by atoms with Crippen LogP contribution in [-0.4, -0.2) is 5.78 Å². The Labute approximate surface area is 125 Å². The van der Waals surface area contributed by atoms with Gasteiger partial charge in [-0.2, -0.15) is 0 Å². The minimum atomic E-state index is 0.167. The predicted octanol–water partition coefficient (Wildman–Crippen LogP) is 5.18. The van der Waals surface area contributed by atoms with Gasteiger partial charge in [0.05, 0.1) is 0 Å². The van der Waals surface area contributed by atoms with Gasteiger partial charge >= 0.3 is 0 Å². The molecule has 0 aliphatic rings. The van der Waals surface area contributed by atoms with Crippen LogP contribution in [0.25, 0.3) is 10.8 Å². The van der Waals surface area contributed by atoms with Gasteiger partial charge in [-0.3, -0.25) is 0 Å². The van der Waals surface area contributed by atoms with E-state index in [0.717, 1.165) is 11.4 Å². The maximum Gasteiger partial charge on any atom is 0.126 e. The average molecular weight is 277 g/mol. The zero-order valence-corrected chi connectivity index (χ0v) is 12.3. The number of benzene rings is 3. The highest BCUT2D eigenvalue weighted by atomic mass is 16.1. The fraction of sp³-hybridized carbons (Fsp3) is 0.105. The standard InChI is InChI=1S/C16H13N.C3H6O/c1-2-9-14(10-3-1)17-16-12-6-8-13-7-4-5-11-15(13)16;1-3(2)4/h1-12,17H;1-2H3. The number of carbonyl (C=O) groups excluding carboxylic acids is 1. The lowest BCUT2D eigenvalue weighted by molar-refractivity contribution is -0.114. The van der Waals surface area contributed by atoms with E-state index in [9.17, 15) is 4.79 Å². The van der Waals surface area contributed by atoms with Gasteiger partial charge in [-0.05, 0) is 37.4 Å². The van der Waals surface area contributed by atoms with Crippen molar-refractivity contribution in [2.24, 2.45) is 0 Å². The summed E-state index contributed by atoms with van der Waals surface area (Å²) >= 11 is 0. The van der Waals surface area contributed by atoms with Gasteiger partial charge in [-0.1, -0.05) is 54.6 Å². The molecule has 0 atom stereocenters. The molecule has 0 saturated heterocycles. The van der Waals surface area contributed by atoms with E-state index in [1.807, 2.05) is 18.2 Å². The van der Waals surface area contributed by atoms with Gasteiger partial charge in [0.15, 0.2) is 0 Å². The van der Waals surface area contributed by atoms with Crippen molar-refractivity contribution in [1.29, 1.82) is 0 Å². The third kappa shape index (κ3) is 4.46. The van der Waals surface area contributed by atoms with Crippen LogP contribution in [0, 0.1) is 0 Å². The molecule has 0 aliphatic heterocycles. The molecule has 21 heavy (non-hydrogen) atoms. The average Bonchev–Trinajstić information content (AvgIpc) is 2.48. The lowest BCUT2D eigenvalue weighted by Crippen LogP contribution is -1.90. The van der Waals surface area contributed by atoms with Gasteiger partial charge in [-0.15, -0.1) is 0 Å². The minimum Gasteiger partial charge on any atom is -0.355 e. The third-order valence-corrected chi connectivity index (χ3v) is 2.84. The Balaban J connectivity index is 0.000000361. The second-order valence-electron chi connectivity index (χ2n) is 4.93. The number of rotatable bonds is 2. The minimum absolute atomic E-state index is 0.167. The van der Waals surface area contributed by atoms with Crippen molar-refractivity contribution in [1.82, 2.24) is 0 Å². The summed E-state index contributed by atoms with van der Waals surface area (Å²) in [7, 11) is 0. The number of ketones is 1.